The number of hydrazine groups is 1. The lowest BCUT2D eigenvalue weighted by Gasteiger charge is -2.29. The zero-order chi connectivity index (χ0) is 14.9. The number of nitrogen functional groups attached to an aromatic ring is 1. The van der Waals surface area contributed by atoms with Crippen LogP contribution in [0.25, 0.3) is 0 Å². The minimum absolute atomic E-state index is 0.0766. The zero-order valence-electron chi connectivity index (χ0n) is 11.4. The number of nitrogens with two attached hydrogens (primary N) is 1. The first-order valence-corrected chi connectivity index (χ1v) is 7.59. The Labute approximate surface area is 117 Å². The maximum Gasteiger partial charge on any atom is 0.281 e. The lowest BCUT2D eigenvalue weighted by Crippen LogP contribution is -2.44. The minimum atomic E-state index is -3.63. The van der Waals surface area contributed by atoms with Crippen molar-refractivity contribution in [3.8, 4) is 0 Å². The molecule has 20 heavy (non-hydrogen) atoms. The first-order chi connectivity index (χ1) is 9.36. The van der Waals surface area contributed by atoms with E-state index in [0.29, 0.717) is 19.7 Å². The molecule has 1 amide bonds. The highest BCUT2D eigenvalue weighted by Crippen LogP contribution is 2.20. The van der Waals surface area contributed by atoms with Gasteiger partial charge in [0, 0.05) is 26.3 Å². The molecule has 8 nitrogen and oxygen atoms in total. The van der Waals surface area contributed by atoms with Crippen LogP contribution >= 0.6 is 0 Å². The SMILES string of the molecule is CC1CN(S(=O)(=O)c2cc(C(=O)NN)n(C)c2)CCO1. The van der Waals surface area contributed by atoms with Crippen LogP contribution in [0.15, 0.2) is 17.2 Å². The molecule has 1 unspecified atom stereocenters. The molecule has 2 rings (SSSR count). The summed E-state index contributed by atoms with van der Waals surface area (Å²) in [6.07, 6.45) is 1.26. The number of hydrogen-bond acceptors (Lipinski definition) is 5. The van der Waals surface area contributed by atoms with Crippen LogP contribution in [0.5, 0.6) is 0 Å². The van der Waals surface area contributed by atoms with Crippen LogP contribution in [0.4, 0.5) is 0 Å². The van der Waals surface area contributed by atoms with Gasteiger partial charge in [0.15, 0.2) is 0 Å². The second kappa shape index (κ2) is 5.52. The van der Waals surface area contributed by atoms with E-state index in [4.69, 9.17) is 10.6 Å². The van der Waals surface area contributed by atoms with Gasteiger partial charge in [-0.15, -0.1) is 0 Å². The fourth-order valence-electron chi connectivity index (χ4n) is 2.13. The highest BCUT2D eigenvalue weighted by Gasteiger charge is 2.30. The topological polar surface area (TPSA) is 107 Å². The van der Waals surface area contributed by atoms with Crippen LogP contribution in [0, 0.1) is 0 Å². The van der Waals surface area contributed by atoms with Crippen molar-refractivity contribution in [3.05, 3.63) is 18.0 Å². The summed E-state index contributed by atoms with van der Waals surface area (Å²) in [5.74, 6) is 4.53. The molecule has 1 fully saturated rings. The lowest BCUT2D eigenvalue weighted by molar-refractivity contribution is 0.0102. The van der Waals surface area contributed by atoms with Gasteiger partial charge < -0.3 is 9.30 Å². The van der Waals surface area contributed by atoms with Gasteiger partial charge in [-0.3, -0.25) is 10.2 Å². The minimum Gasteiger partial charge on any atom is -0.376 e. The molecule has 1 atom stereocenters. The number of carbonyl (C=O) groups excluding carboxylic acids is 1. The standard InChI is InChI=1S/C11H18N4O4S/c1-8-6-15(3-4-19-8)20(17,18)9-5-10(11(16)13-12)14(2)7-9/h5,7-8H,3-4,6,12H2,1-2H3,(H,13,16). The number of carbonyl (C=O) groups is 1. The highest BCUT2D eigenvalue weighted by atomic mass is 32.2. The van der Waals surface area contributed by atoms with Crippen molar-refractivity contribution in [2.45, 2.75) is 17.9 Å². The van der Waals surface area contributed by atoms with Crippen molar-refractivity contribution in [1.82, 2.24) is 14.3 Å². The summed E-state index contributed by atoms with van der Waals surface area (Å²) >= 11 is 0. The second-order valence-corrected chi connectivity index (χ2v) is 6.63. The molecule has 1 saturated heterocycles. The Hall–Kier alpha value is -1.42. The quantitative estimate of drug-likeness (QED) is 0.425. The Morgan fingerprint density at radius 3 is 2.85 bits per heavy atom. The first-order valence-electron chi connectivity index (χ1n) is 6.15. The van der Waals surface area contributed by atoms with Gasteiger partial charge in [-0.1, -0.05) is 0 Å². The lowest BCUT2D eigenvalue weighted by atomic mass is 10.3. The van der Waals surface area contributed by atoms with Crippen molar-refractivity contribution in [1.29, 1.82) is 0 Å². The van der Waals surface area contributed by atoms with Gasteiger partial charge in [-0.2, -0.15) is 4.31 Å². The van der Waals surface area contributed by atoms with E-state index in [-0.39, 0.29) is 16.7 Å². The Morgan fingerprint density at radius 1 is 1.55 bits per heavy atom. The molecule has 1 aromatic heterocycles. The van der Waals surface area contributed by atoms with E-state index < -0.39 is 15.9 Å². The van der Waals surface area contributed by atoms with E-state index >= 15 is 0 Å². The van der Waals surface area contributed by atoms with Crippen LogP contribution in [0.2, 0.25) is 0 Å². The summed E-state index contributed by atoms with van der Waals surface area (Å²) in [5, 5.41) is 0. The van der Waals surface area contributed by atoms with Gasteiger partial charge in [0.25, 0.3) is 5.91 Å². The largest absolute Gasteiger partial charge is 0.376 e. The fourth-order valence-corrected chi connectivity index (χ4v) is 3.70. The summed E-state index contributed by atoms with van der Waals surface area (Å²) in [4.78, 5) is 11.6. The molecule has 0 aliphatic carbocycles. The number of nitrogens with one attached hydrogen (secondary N) is 1. The molecule has 112 valence electrons. The molecular weight excluding hydrogens is 284 g/mol. The van der Waals surface area contributed by atoms with Crippen molar-refractivity contribution in [3.63, 3.8) is 0 Å². The van der Waals surface area contributed by atoms with E-state index in [1.54, 1.807) is 7.05 Å². The maximum absolute atomic E-state index is 12.5. The van der Waals surface area contributed by atoms with E-state index in [0.717, 1.165) is 0 Å². The molecule has 1 aliphatic rings. The molecule has 2 heterocycles. The summed E-state index contributed by atoms with van der Waals surface area (Å²) in [6.45, 7) is 2.79. The molecular formula is C11H18N4O4S. The average Bonchev–Trinajstić information content (AvgIpc) is 2.80. The Bertz CT molecular complexity index is 610. The van der Waals surface area contributed by atoms with Gasteiger partial charge >= 0.3 is 0 Å². The smallest absolute Gasteiger partial charge is 0.281 e. The van der Waals surface area contributed by atoms with Crippen LogP contribution in [-0.4, -0.2) is 49.0 Å². The summed E-state index contributed by atoms with van der Waals surface area (Å²) in [6, 6.07) is 1.32. The van der Waals surface area contributed by atoms with Crippen LogP contribution < -0.4 is 11.3 Å². The average molecular weight is 302 g/mol. The third-order valence-electron chi connectivity index (χ3n) is 3.19. The molecule has 3 N–H and O–H groups in total. The molecule has 0 spiro atoms. The molecule has 0 radical (unpaired) electrons. The number of amides is 1. The molecule has 1 aromatic rings. The molecule has 0 saturated carbocycles. The second-order valence-electron chi connectivity index (χ2n) is 4.69. The molecule has 0 bridgehead atoms. The zero-order valence-corrected chi connectivity index (χ0v) is 12.2. The number of morpholine rings is 1. The number of hydrogen-bond donors (Lipinski definition) is 2. The van der Waals surface area contributed by atoms with Crippen molar-refractivity contribution >= 4 is 15.9 Å². The van der Waals surface area contributed by atoms with Crippen LogP contribution in [0.3, 0.4) is 0 Å². The number of aromatic nitrogens is 1. The third kappa shape index (κ3) is 2.70. The van der Waals surface area contributed by atoms with Gasteiger partial charge in [0.05, 0.1) is 12.7 Å². The van der Waals surface area contributed by atoms with E-state index in [1.165, 1.54) is 21.1 Å². The molecule has 1 aliphatic heterocycles. The van der Waals surface area contributed by atoms with Crippen LogP contribution in [-0.2, 0) is 21.8 Å². The monoisotopic (exact) mass is 302 g/mol. The summed E-state index contributed by atoms with van der Waals surface area (Å²) < 4.78 is 33.1. The number of nitrogens with zero attached hydrogens (tertiary/aromatic N) is 2. The predicted octanol–water partition coefficient (Wildman–Crippen LogP) is -0.962. The van der Waals surface area contributed by atoms with Crippen molar-refractivity contribution in [2.75, 3.05) is 19.7 Å². The van der Waals surface area contributed by atoms with Crippen molar-refractivity contribution < 1.29 is 17.9 Å². The normalized spacial score (nSPS) is 20.9. The Balaban J connectivity index is 2.32. The third-order valence-corrected chi connectivity index (χ3v) is 5.02. The van der Waals surface area contributed by atoms with Gasteiger partial charge in [0.2, 0.25) is 10.0 Å². The first kappa shape index (κ1) is 15.0. The van der Waals surface area contributed by atoms with E-state index in [1.807, 2.05) is 12.3 Å². The Kier molecular flexibility index (Phi) is 4.14. The highest BCUT2D eigenvalue weighted by molar-refractivity contribution is 7.89. The number of aryl methyl sites for hydroxylation is 1. The van der Waals surface area contributed by atoms with E-state index in [9.17, 15) is 13.2 Å². The summed E-state index contributed by atoms with van der Waals surface area (Å²) in [7, 11) is -2.04. The molecule has 9 heteroatoms. The fraction of sp³-hybridized carbons (Fsp3) is 0.545. The Morgan fingerprint density at radius 2 is 2.25 bits per heavy atom. The van der Waals surface area contributed by atoms with Crippen molar-refractivity contribution in [2.24, 2.45) is 12.9 Å². The summed E-state index contributed by atoms with van der Waals surface area (Å²) in [5.41, 5.74) is 2.17. The number of ether oxygens (including phenoxy) is 1. The van der Waals surface area contributed by atoms with Crippen LogP contribution in [0.1, 0.15) is 17.4 Å². The van der Waals surface area contributed by atoms with Gasteiger partial charge in [-0.05, 0) is 13.0 Å². The number of sulfonamides is 1. The maximum atomic E-state index is 12.5. The van der Waals surface area contributed by atoms with E-state index in [2.05, 4.69) is 0 Å². The van der Waals surface area contributed by atoms with Gasteiger partial charge in [0.1, 0.15) is 10.6 Å². The van der Waals surface area contributed by atoms with Gasteiger partial charge in [-0.25, -0.2) is 14.3 Å². The molecule has 0 aromatic carbocycles. The predicted molar refractivity (Wildman–Crippen MR) is 71.2 cm³/mol. The number of rotatable bonds is 3.